The van der Waals surface area contributed by atoms with E-state index in [1.165, 1.54) is 6.39 Å². The second-order valence-electron chi connectivity index (χ2n) is 2.66. The summed E-state index contributed by atoms with van der Waals surface area (Å²) in [5.74, 6) is 0.623. The van der Waals surface area contributed by atoms with E-state index in [4.69, 9.17) is 9.15 Å². The fourth-order valence-corrected chi connectivity index (χ4v) is 1.15. The third-order valence-electron chi connectivity index (χ3n) is 1.90. The van der Waals surface area contributed by atoms with Crippen LogP contribution < -0.4 is 0 Å². The molecule has 0 atom stereocenters. The van der Waals surface area contributed by atoms with Gasteiger partial charge in [0.25, 0.3) is 0 Å². The molecule has 2 aromatic rings. The van der Waals surface area contributed by atoms with Crippen molar-refractivity contribution >= 4 is 16.9 Å². The largest absolute Gasteiger partial charge is 0.497 e. The summed E-state index contributed by atoms with van der Waals surface area (Å²) in [6.07, 6.45) is 1.42. The van der Waals surface area contributed by atoms with Crippen LogP contribution in [0.5, 0.6) is 0 Å². The van der Waals surface area contributed by atoms with Gasteiger partial charge < -0.3 is 9.15 Å². The summed E-state index contributed by atoms with van der Waals surface area (Å²) in [7, 11) is 1.59. The van der Waals surface area contributed by atoms with E-state index in [1.54, 1.807) is 7.11 Å². The Morgan fingerprint density at radius 1 is 1.54 bits per heavy atom. The monoisotopic (exact) mass is 175 g/mol. The molecule has 0 aliphatic carbocycles. The van der Waals surface area contributed by atoms with E-state index in [1.807, 2.05) is 18.2 Å². The molecular weight excluding hydrogens is 166 g/mol. The number of ether oxygens (including phenoxy) is 1. The van der Waals surface area contributed by atoms with E-state index in [0.717, 1.165) is 16.7 Å². The topological polar surface area (TPSA) is 35.3 Å². The molecule has 1 aromatic carbocycles. The molecule has 13 heavy (non-hydrogen) atoms. The van der Waals surface area contributed by atoms with Crippen LogP contribution in [0, 0.1) is 0 Å². The highest BCUT2D eigenvalue weighted by atomic mass is 16.5. The van der Waals surface area contributed by atoms with Crippen molar-refractivity contribution in [3.05, 3.63) is 36.7 Å². The van der Waals surface area contributed by atoms with E-state index in [0.29, 0.717) is 5.76 Å². The lowest BCUT2D eigenvalue weighted by molar-refractivity contribution is 0.371. The molecular formula is C10H9NO2. The Morgan fingerprint density at radius 2 is 2.38 bits per heavy atom. The molecule has 1 aromatic heterocycles. The number of aromatic nitrogens is 1. The van der Waals surface area contributed by atoms with Gasteiger partial charge in [0.1, 0.15) is 11.3 Å². The molecule has 0 unspecified atom stereocenters. The summed E-state index contributed by atoms with van der Waals surface area (Å²) >= 11 is 0. The molecule has 0 N–H and O–H groups in total. The zero-order valence-electron chi connectivity index (χ0n) is 7.28. The highest BCUT2D eigenvalue weighted by molar-refractivity contribution is 5.76. The maximum absolute atomic E-state index is 5.15. The number of benzene rings is 1. The van der Waals surface area contributed by atoms with E-state index in [9.17, 15) is 0 Å². The van der Waals surface area contributed by atoms with E-state index >= 15 is 0 Å². The van der Waals surface area contributed by atoms with Crippen LogP contribution in [-0.2, 0) is 4.74 Å². The summed E-state index contributed by atoms with van der Waals surface area (Å²) < 4.78 is 10.2. The predicted molar refractivity (Wildman–Crippen MR) is 50.1 cm³/mol. The molecule has 0 aliphatic rings. The third kappa shape index (κ3) is 1.28. The number of hydrogen-bond acceptors (Lipinski definition) is 3. The van der Waals surface area contributed by atoms with Crippen LogP contribution in [0.1, 0.15) is 5.56 Å². The van der Waals surface area contributed by atoms with Crippen molar-refractivity contribution in [3.8, 4) is 0 Å². The molecule has 3 heteroatoms. The number of nitrogens with zero attached hydrogens (tertiary/aromatic N) is 1. The van der Waals surface area contributed by atoms with Gasteiger partial charge in [0.2, 0.25) is 0 Å². The smallest absolute Gasteiger partial charge is 0.181 e. The van der Waals surface area contributed by atoms with Gasteiger partial charge in [-0.3, -0.25) is 0 Å². The van der Waals surface area contributed by atoms with Gasteiger partial charge in [-0.05, 0) is 18.2 Å². The molecule has 0 amide bonds. The molecule has 3 nitrogen and oxygen atoms in total. The number of oxazole rings is 1. The van der Waals surface area contributed by atoms with Crippen molar-refractivity contribution in [3.63, 3.8) is 0 Å². The Bertz CT molecular complexity index is 445. The van der Waals surface area contributed by atoms with E-state index in [2.05, 4.69) is 11.6 Å². The van der Waals surface area contributed by atoms with Crippen LogP contribution >= 0.6 is 0 Å². The van der Waals surface area contributed by atoms with Gasteiger partial charge >= 0.3 is 0 Å². The predicted octanol–water partition coefficient (Wildman–Crippen LogP) is 2.44. The van der Waals surface area contributed by atoms with Crippen LogP contribution in [-0.4, -0.2) is 12.1 Å². The third-order valence-corrected chi connectivity index (χ3v) is 1.90. The number of rotatable bonds is 2. The fourth-order valence-electron chi connectivity index (χ4n) is 1.15. The van der Waals surface area contributed by atoms with Gasteiger partial charge in [0.05, 0.1) is 7.11 Å². The second kappa shape index (κ2) is 2.94. The molecule has 0 radical (unpaired) electrons. The van der Waals surface area contributed by atoms with E-state index in [-0.39, 0.29) is 0 Å². The lowest BCUT2D eigenvalue weighted by atomic mass is 10.2. The van der Waals surface area contributed by atoms with Gasteiger partial charge in [-0.25, -0.2) is 4.98 Å². The zero-order valence-corrected chi connectivity index (χ0v) is 7.28. The lowest BCUT2D eigenvalue weighted by Crippen LogP contribution is -1.84. The summed E-state index contributed by atoms with van der Waals surface area (Å²) in [6.45, 7) is 3.75. The average Bonchev–Trinajstić information content (AvgIpc) is 2.63. The Balaban J connectivity index is 2.54. The SMILES string of the molecule is C=C(OC)c1ccc2ncoc2c1. The minimum absolute atomic E-state index is 0.623. The van der Waals surface area contributed by atoms with Crippen molar-refractivity contribution in [2.45, 2.75) is 0 Å². The molecule has 0 saturated heterocycles. The maximum atomic E-state index is 5.15. The molecule has 0 spiro atoms. The highest BCUT2D eigenvalue weighted by Crippen LogP contribution is 2.19. The number of methoxy groups -OCH3 is 1. The van der Waals surface area contributed by atoms with Gasteiger partial charge in [-0.1, -0.05) is 6.58 Å². The quantitative estimate of drug-likeness (QED) is 0.657. The van der Waals surface area contributed by atoms with Gasteiger partial charge in [0, 0.05) is 5.56 Å². The Hall–Kier alpha value is -1.77. The average molecular weight is 175 g/mol. The Labute approximate surface area is 75.6 Å². The van der Waals surface area contributed by atoms with Gasteiger partial charge in [-0.2, -0.15) is 0 Å². The van der Waals surface area contributed by atoms with Crippen LogP contribution in [0.25, 0.3) is 16.9 Å². The van der Waals surface area contributed by atoms with Crippen LogP contribution in [0.3, 0.4) is 0 Å². The molecule has 0 aliphatic heterocycles. The minimum atomic E-state index is 0.623. The summed E-state index contributed by atoms with van der Waals surface area (Å²) in [4.78, 5) is 4.01. The van der Waals surface area contributed by atoms with E-state index < -0.39 is 0 Å². The first-order chi connectivity index (χ1) is 6.31. The first kappa shape index (κ1) is 7.86. The van der Waals surface area contributed by atoms with Crippen molar-refractivity contribution in [1.82, 2.24) is 4.98 Å². The van der Waals surface area contributed by atoms with Crippen molar-refractivity contribution in [1.29, 1.82) is 0 Å². The van der Waals surface area contributed by atoms with Crippen LogP contribution in [0.15, 0.2) is 35.6 Å². The van der Waals surface area contributed by atoms with Gasteiger partial charge in [0.15, 0.2) is 12.0 Å². The molecule has 66 valence electrons. The van der Waals surface area contributed by atoms with Crippen molar-refractivity contribution < 1.29 is 9.15 Å². The van der Waals surface area contributed by atoms with Crippen molar-refractivity contribution in [2.24, 2.45) is 0 Å². The molecule has 1 heterocycles. The van der Waals surface area contributed by atoms with Crippen molar-refractivity contribution in [2.75, 3.05) is 7.11 Å². The molecule has 0 bridgehead atoms. The van der Waals surface area contributed by atoms with Crippen LogP contribution in [0.4, 0.5) is 0 Å². The molecule has 0 saturated carbocycles. The molecule has 2 rings (SSSR count). The maximum Gasteiger partial charge on any atom is 0.181 e. The molecule has 0 fully saturated rings. The summed E-state index contributed by atoms with van der Waals surface area (Å²) in [6, 6.07) is 5.63. The lowest BCUT2D eigenvalue weighted by Gasteiger charge is -2.02. The number of hydrogen-bond donors (Lipinski definition) is 0. The normalized spacial score (nSPS) is 10.2. The number of fused-ring (bicyclic) bond motifs is 1. The first-order valence-electron chi connectivity index (χ1n) is 3.88. The minimum Gasteiger partial charge on any atom is -0.497 e. The fraction of sp³-hybridized carbons (Fsp3) is 0.100. The standard InChI is InChI=1S/C10H9NO2/c1-7(12-2)8-3-4-9-10(5-8)13-6-11-9/h3-6H,1H2,2H3. The van der Waals surface area contributed by atoms with Crippen LogP contribution in [0.2, 0.25) is 0 Å². The van der Waals surface area contributed by atoms with Gasteiger partial charge in [-0.15, -0.1) is 0 Å². The summed E-state index contributed by atoms with van der Waals surface area (Å²) in [5, 5.41) is 0. The first-order valence-corrected chi connectivity index (χ1v) is 3.88. The highest BCUT2D eigenvalue weighted by Gasteiger charge is 2.02. The Kier molecular flexibility index (Phi) is 1.77. The zero-order chi connectivity index (χ0) is 9.26. The Morgan fingerprint density at radius 3 is 3.15 bits per heavy atom. The second-order valence-corrected chi connectivity index (χ2v) is 2.66. The summed E-state index contributed by atoms with van der Waals surface area (Å²) in [5.41, 5.74) is 2.50.